The Morgan fingerprint density at radius 1 is 0.880 bits per heavy atom. The number of unbranched alkanes of at least 4 members (excludes halogenated alkanes) is 1. The average Bonchev–Trinajstić information content (AvgIpc) is 2.62. The van der Waals surface area contributed by atoms with Crippen LogP contribution in [0.4, 0.5) is 0 Å². The molecule has 4 nitrogen and oxygen atoms in total. The smallest absolute Gasteiger partial charge is 0.251 e. The van der Waals surface area contributed by atoms with Crippen LogP contribution >= 0.6 is 0 Å². The van der Waals surface area contributed by atoms with Gasteiger partial charge < -0.3 is 10.6 Å². The molecule has 0 aliphatic carbocycles. The fraction of sp³-hybridized carbons (Fsp3) is 0.333. The van der Waals surface area contributed by atoms with Crippen LogP contribution in [0.25, 0.3) is 0 Å². The molecule has 0 aromatic heterocycles. The second kappa shape index (κ2) is 10.3. The van der Waals surface area contributed by atoms with Gasteiger partial charge >= 0.3 is 0 Å². The predicted octanol–water partition coefficient (Wildman–Crippen LogP) is 3.25. The van der Waals surface area contributed by atoms with Crippen molar-refractivity contribution < 1.29 is 9.59 Å². The van der Waals surface area contributed by atoms with Crippen molar-refractivity contribution in [3.63, 3.8) is 0 Å². The molecule has 0 saturated carbocycles. The Morgan fingerprint density at radius 3 is 2.44 bits per heavy atom. The van der Waals surface area contributed by atoms with Crippen molar-refractivity contribution >= 4 is 11.8 Å². The summed E-state index contributed by atoms with van der Waals surface area (Å²) in [5.74, 6) is -0.163. The molecule has 0 atom stereocenters. The van der Waals surface area contributed by atoms with Crippen LogP contribution in [0, 0.1) is 6.92 Å². The second-order valence-corrected chi connectivity index (χ2v) is 6.17. The van der Waals surface area contributed by atoms with Gasteiger partial charge in [-0.25, -0.2) is 0 Å². The Labute approximate surface area is 149 Å². The SMILES string of the molecule is Cc1cccc(C(=O)NCCC(=O)NCCCCc2ccccc2)c1. The molecular weight excluding hydrogens is 312 g/mol. The molecule has 2 aromatic carbocycles. The van der Waals surface area contributed by atoms with Gasteiger partial charge in [-0.15, -0.1) is 0 Å². The van der Waals surface area contributed by atoms with Crippen molar-refractivity contribution in [3.05, 3.63) is 71.3 Å². The number of carbonyl (C=O) groups is 2. The van der Waals surface area contributed by atoms with Gasteiger partial charge in [0.2, 0.25) is 5.91 Å². The van der Waals surface area contributed by atoms with E-state index in [-0.39, 0.29) is 11.8 Å². The van der Waals surface area contributed by atoms with Crippen molar-refractivity contribution in [3.8, 4) is 0 Å². The highest BCUT2D eigenvalue weighted by Gasteiger charge is 2.06. The molecule has 4 heteroatoms. The van der Waals surface area contributed by atoms with Crippen LogP contribution in [0.5, 0.6) is 0 Å². The van der Waals surface area contributed by atoms with E-state index in [4.69, 9.17) is 0 Å². The Bertz CT molecular complexity index is 683. The van der Waals surface area contributed by atoms with Crippen molar-refractivity contribution in [1.29, 1.82) is 0 Å². The molecular formula is C21H26N2O2. The summed E-state index contributed by atoms with van der Waals surface area (Å²) in [4.78, 5) is 23.8. The molecule has 0 bridgehead atoms. The molecule has 0 spiro atoms. The minimum absolute atomic E-state index is 0.0238. The van der Waals surface area contributed by atoms with E-state index < -0.39 is 0 Å². The summed E-state index contributed by atoms with van der Waals surface area (Å²) < 4.78 is 0. The number of nitrogens with one attached hydrogen (secondary N) is 2. The maximum absolute atomic E-state index is 12.0. The Hall–Kier alpha value is -2.62. The first kappa shape index (κ1) is 18.7. The van der Waals surface area contributed by atoms with Crippen LogP contribution < -0.4 is 10.6 Å². The van der Waals surface area contributed by atoms with Crippen LogP contribution in [0.2, 0.25) is 0 Å². The molecule has 2 amide bonds. The van der Waals surface area contributed by atoms with E-state index in [1.807, 2.05) is 43.3 Å². The van der Waals surface area contributed by atoms with Crippen LogP contribution in [0.15, 0.2) is 54.6 Å². The Balaban J connectivity index is 1.54. The first-order chi connectivity index (χ1) is 12.1. The number of carbonyl (C=O) groups excluding carboxylic acids is 2. The van der Waals surface area contributed by atoms with Gasteiger partial charge in [-0.2, -0.15) is 0 Å². The van der Waals surface area contributed by atoms with Gasteiger partial charge in [-0.05, 0) is 43.9 Å². The molecule has 0 saturated heterocycles. The summed E-state index contributed by atoms with van der Waals surface area (Å²) in [5, 5.41) is 5.68. The zero-order valence-corrected chi connectivity index (χ0v) is 14.8. The third-order valence-electron chi connectivity index (χ3n) is 3.98. The molecule has 0 unspecified atom stereocenters. The van der Waals surface area contributed by atoms with Gasteiger partial charge in [0.05, 0.1) is 0 Å². The molecule has 25 heavy (non-hydrogen) atoms. The largest absolute Gasteiger partial charge is 0.356 e. The van der Waals surface area contributed by atoms with E-state index >= 15 is 0 Å². The first-order valence-electron chi connectivity index (χ1n) is 8.80. The summed E-state index contributed by atoms with van der Waals surface area (Å²) in [6.45, 7) is 2.97. The predicted molar refractivity (Wildman–Crippen MR) is 101 cm³/mol. The number of aryl methyl sites for hydroxylation is 2. The van der Waals surface area contributed by atoms with Crippen LogP contribution in [-0.4, -0.2) is 24.9 Å². The summed E-state index contributed by atoms with van der Waals surface area (Å²) in [7, 11) is 0. The van der Waals surface area contributed by atoms with Gasteiger partial charge in [0.1, 0.15) is 0 Å². The van der Waals surface area contributed by atoms with Crippen molar-refractivity contribution in [1.82, 2.24) is 10.6 Å². The van der Waals surface area contributed by atoms with E-state index in [0.29, 0.717) is 25.1 Å². The highest BCUT2D eigenvalue weighted by Crippen LogP contribution is 2.04. The van der Waals surface area contributed by atoms with E-state index in [0.717, 1.165) is 24.8 Å². The van der Waals surface area contributed by atoms with E-state index in [1.54, 1.807) is 6.07 Å². The highest BCUT2D eigenvalue weighted by molar-refractivity contribution is 5.94. The van der Waals surface area contributed by atoms with Gasteiger partial charge in [0.25, 0.3) is 5.91 Å². The third-order valence-corrected chi connectivity index (χ3v) is 3.98. The Morgan fingerprint density at radius 2 is 1.68 bits per heavy atom. The molecule has 132 valence electrons. The standard InChI is InChI=1S/C21H26N2O2/c1-17-8-7-12-19(16-17)21(25)23-15-13-20(24)22-14-6-5-11-18-9-3-2-4-10-18/h2-4,7-10,12,16H,5-6,11,13-15H2,1H3,(H,22,24)(H,23,25). The summed E-state index contributed by atoms with van der Waals surface area (Å²) in [6, 6.07) is 17.8. The quantitative estimate of drug-likeness (QED) is 0.690. The topological polar surface area (TPSA) is 58.2 Å². The zero-order chi connectivity index (χ0) is 17.9. The number of hydrogen-bond donors (Lipinski definition) is 2. The number of benzene rings is 2. The van der Waals surface area contributed by atoms with Gasteiger partial charge in [-0.3, -0.25) is 9.59 Å². The third kappa shape index (κ3) is 7.21. The molecule has 0 aliphatic rings. The maximum atomic E-state index is 12.0. The first-order valence-corrected chi connectivity index (χ1v) is 8.80. The van der Waals surface area contributed by atoms with Crippen molar-refractivity contribution in [2.24, 2.45) is 0 Å². The van der Waals surface area contributed by atoms with Crippen molar-refractivity contribution in [2.45, 2.75) is 32.6 Å². The van der Waals surface area contributed by atoms with Crippen LogP contribution in [0.1, 0.15) is 40.7 Å². The number of amides is 2. The monoisotopic (exact) mass is 338 g/mol. The zero-order valence-electron chi connectivity index (χ0n) is 14.8. The van der Waals surface area contributed by atoms with Gasteiger partial charge in [-0.1, -0.05) is 48.0 Å². The molecule has 0 aliphatic heterocycles. The normalized spacial score (nSPS) is 10.3. The number of hydrogen-bond acceptors (Lipinski definition) is 2. The minimum atomic E-state index is -0.139. The molecule has 2 N–H and O–H groups in total. The van der Waals surface area contributed by atoms with Crippen LogP contribution in [0.3, 0.4) is 0 Å². The maximum Gasteiger partial charge on any atom is 0.251 e. The Kier molecular flexibility index (Phi) is 7.70. The van der Waals surface area contributed by atoms with E-state index in [1.165, 1.54) is 5.56 Å². The molecule has 0 heterocycles. The van der Waals surface area contributed by atoms with Gasteiger partial charge in [0.15, 0.2) is 0 Å². The van der Waals surface area contributed by atoms with Crippen LogP contribution in [-0.2, 0) is 11.2 Å². The van der Waals surface area contributed by atoms with Crippen molar-refractivity contribution in [2.75, 3.05) is 13.1 Å². The minimum Gasteiger partial charge on any atom is -0.356 e. The molecule has 0 radical (unpaired) electrons. The summed E-state index contributed by atoms with van der Waals surface area (Å²) >= 11 is 0. The summed E-state index contributed by atoms with van der Waals surface area (Å²) in [6.07, 6.45) is 3.34. The highest BCUT2D eigenvalue weighted by atomic mass is 16.2. The average molecular weight is 338 g/mol. The van der Waals surface area contributed by atoms with E-state index in [9.17, 15) is 9.59 Å². The molecule has 2 rings (SSSR count). The lowest BCUT2D eigenvalue weighted by Gasteiger charge is -2.07. The fourth-order valence-electron chi connectivity index (χ4n) is 2.59. The summed E-state index contributed by atoms with van der Waals surface area (Å²) in [5.41, 5.74) is 3.00. The second-order valence-electron chi connectivity index (χ2n) is 6.17. The lowest BCUT2D eigenvalue weighted by atomic mass is 10.1. The van der Waals surface area contributed by atoms with Gasteiger partial charge in [0, 0.05) is 25.1 Å². The molecule has 0 fully saturated rings. The lowest BCUT2D eigenvalue weighted by Crippen LogP contribution is -2.31. The number of rotatable bonds is 9. The lowest BCUT2D eigenvalue weighted by molar-refractivity contribution is -0.120. The fourth-order valence-corrected chi connectivity index (χ4v) is 2.59. The van der Waals surface area contributed by atoms with E-state index in [2.05, 4.69) is 22.8 Å². The molecule has 2 aromatic rings.